The Morgan fingerprint density at radius 1 is 0.966 bits per heavy atom. The number of phenols is 1. The Balaban J connectivity index is 1.13. The number of pyridine rings is 1. The number of nitrogens with zero attached hydrogens (tertiary/aromatic N) is 6. The summed E-state index contributed by atoms with van der Waals surface area (Å²) in [6.07, 6.45) is -2.81. The van der Waals surface area contributed by atoms with Gasteiger partial charge in [-0.3, -0.25) is 28.9 Å². The highest BCUT2D eigenvalue weighted by atomic mass is 35.5. The van der Waals surface area contributed by atoms with Crippen LogP contribution in [0.3, 0.4) is 0 Å². The highest BCUT2D eigenvalue weighted by Crippen LogP contribution is 2.64. The first kappa shape index (κ1) is 39.2. The number of phenolic OH excluding ortho intramolecular Hbond substituents is 1. The molecular formula is C42H35Cl2F3N6O5S. The van der Waals surface area contributed by atoms with Crippen molar-refractivity contribution in [2.45, 2.75) is 45.7 Å². The Morgan fingerprint density at radius 2 is 1.71 bits per heavy atom. The number of carbonyl (C=O) groups excluding carboxylic acids is 4. The predicted octanol–water partition coefficient (Wildman–Crippen LogP) is 8.63. The third-order valence-electron chi connectivity index (χ3n) is 12.7. The lowest BCUT2D eigenvalue weighted by Crippen LogP contribution is -2.49. The van der Waals surface area contributed by atoms with Gasteiger partial charge in [0.15, 0.2) is 5.82 Å². The Kier molecular flexibility index (Phi) is 8.90. The van der Waals surface area contributed by atoms with Gasteiger partial charge in [-0.1, -0.05) is 47.0 Å². The number of hydrogen-bond donors (Lipinski definition) is 1. The number of hydrogen-bond acceptors (Lipinski definition) is 9. The zero-order valence-electron chi connectivity index (χ0n) is 32.1. The average Bonchev–Trinajstić information content (AvgIpc) is 3.85. The van der Waals surface area contributed by atoms with E-state index in [9.17, 15) is 32.7 Å². The summed E-state index contributed by atoms with van der Waals surface area (Å²) in [7, 11) is 2.92. The van der Waals surface area contributed by atoms with Gasteiger partial charge in [0.25, 0.3) is 11.8 Å². The number of aromatic nitrogens is 3. The number of amides is 4. The van der Waals surface area contributed by atoms with Crippen LogP contribution in [0.5, 0.6) is 5.75 Å². The molecule has 1 saturated carbocycles. The number of fused-ring (bicyclic) bond motifs is 5. The van der Waals surface area contributed by atoms with E-state index in [1.807, 2.05) is 31.2 Å². The van der Waals surface area contributed by atoms with E-state index in [-0.39, 0.29) is 29.4 Å². The Hall–Kier alpha value is -5.25. The molecule has 1 N–H and O–H groups in total. The van der Waals surface area contributed by atoms with E-state index in [2.05, 4.69) is 4.98 Å². The van der Waals surface area contributed by atoms with Gasteiger partial charge in [0.05, 0.1) is 33.1 Å². The number of imide groups is 2. The molecule has 2 aromatic carbocycles. The summed E-state index contributed by atoms with van der Waals surface area (Å²) in [5.41, 5.74) is 0.771. The number of allylic oxidation sites excluding steroid dienone is 2. The lowest BCUT2D eigenvalue weighted by Gasteiger charge is -2.49. The molecule has 3 fully saturated rings. The van der Waals surface area contributed by atoms with E-state index < -0.39 is 76.3 Å². The van der Waals surface area contributed by atoms with E-state index in [1.165, 1.54) is 34.0 Å². The quantitative estimate of drug-likeness (QED) is 0.137. The van der Waals surface area contributed by atoms with Crippen LogP contribution in [0, 0.1) is 42.9 Å². The van der Waals surface area contributed by atoms with E-state index >= 15 is 4.79 Å². The zero-order chi connectivity index (χ0) is 42.2. The molecule has 59 heavy (non-hydrogen) atoms. The second kappa shape index (κ2) is 13.4. The number of rotatable bonds is 5. The van der Waals surface area contributed by atoms with Gasteiger partial charge in [0, 0.05) is 35.8 Å². The topological polar surface area (TPSA) is 129 Å². The molecule has 304 valence electrons. The van der Waals surface area contributed by atoms with Crippen molar-refractivity contribution in [2.24, 2.45) is 36.1 Å². The van der Waals surface area contributed by atoms with E-state index in [1.54, 1.807) is 39.1 Å². The fraction of sp³-hybridized carbons (Fsp3) is 0.333. The van der Waals surface area contributed by atoms with Crippen LogP contribution in [0.1, 0.15) is 48.1 Å². The van der Waals surface area contributed by atoms with Crippen LogP contribution in [-0.4, -0.2) is 55.6 Å². The lowest BCUT2D eigenvalue weighted by atomic mass is 9.51. The van der Waals surface area contributed by atoms with Gasteiger partial charge in [-0.05, 0) is 98.0 Å². The molecule has 0 spiro atoms. The second-order valence-corrected chi connectivity index (χ2v) is 17.8. The number of aryl methyl sites for hydroxylation is 3. The predicted molar refractivity (Wildman–Crippen MR) is 216 cm³/mol. The molecule has 17 heteroatoms. The number of anilines is 2. The maximum Gasteiger partial charge on any atom is 0.433 e. The number of carbonyl (C=O) groups is 4. The fourth-order valence-corrected chi connectivity index (χ4v) is 11.4. The number of thiophene rings is 1. The van der Waals surface area contributed by atoms with Crippen molar-refractivity contribution in [3.8, 4) is 16.3 Å². The van der Waals surface area contributed by atoms with E-state index in [4.69, 9.17) is 28.3 Å². The van der Waals surface area contributed by atoms with Gasteiger partial charge in [-0.25, -0.2) is 9.88 Å². The number of halogens is 5. The minimum atomic E-state index is -4.81. The summed E-state index contributed by atoms with van der Waals surface area (Å²) in [5.74, 6) is -6.74. The molecule has 0 bridgehead atoms. The lowest BCUT2D eigenvalue weighted by molar-refractivity contribution is -0.141. The second-order valence-electron chi connectivity index (χ2n) is 15.9. The number of alkyl halides is 3. The Labute approximate surface area is 349 Å². The van der Waals surface area contributed by atoms with Crippen LogP contribution in [0.2, 0.25) is 10.0 Å². The first-order chi connectivity index (χ1) is 27.8. The van der Waals surface area contributed by atoms with Gasteiger partial charge in [-0.2, -0.15) is 23.3 Å². The first-order valence-electron chi connectivity index (χ1n) is 18.8. The number of hydrazine groups is 1. The van der Waals surface area contributed by atoms with Crippen LogP contribution in [-0.2, 0) is 32.4 Å². The molecule has 3 aromatic heterocycles. The van der Waals surface area contributed by atoms with Crippen molar-refractivity contribution in [2.75, 3.05) is 17.0 Å². The molecule has 5 aromatic rings. The third-order valence-corrected chi connectivity index (χ3v) is 14.6. The molecule has 4 amide bonds. The maximum absolute atomic E-state index is 15.1. The van der Waals surface area contributed by atoms with Gasteiger partial charge < -0.3 is 5.11 Å². The molecule has 9 rings (SSSR count). The largest absolute Gasteiger partial charge is 0.508 e. The SMILES string of the molecule is Cc1cc(C2C3=CCC4C(=O)N(N(C)c5nc(C(F)(F)F)ccc5Cl)C(=O)C4C3CC3C(=O)N(c4cc(-c5sc6ccc(Cl)cc6c5C)nn4C)C(=O)C32C)ccc1O. The van der Waals surface area contributed by atoms with E-state index in [0.717, 1.165) is 36.6 Å². The first-order valence-corrected chi connectivity index (χ1v) is 20.4. The fourth-order valence-electron chi connectivity index (χ4n) is 9.88. The van der Waals surface area contributed by atoms with Crippen molar-refractivity contribution in [3.05, 3.63) is 98.7 Å². The molecule has 11 nitrogen and oxygen atoms in total. The molecular weight excluding hydrogens is 828 g/mol. The molecule has 6 unspecified atom stereocenters. The smallest absolute Gasteiger partial charge is 0.433 e. The summed E-state index contributed by atoms with van der Waals surface area (Å²) in [5, 5.41) is 18.4. The normalized spacial score (nSPS) is 25.5. The zero-order valence-corrected chi connectivity index (χ0v) is 34.5. The minimum Gasteiger partial charge on any atom is -0.508 e. The van der Waals surface area contributed by atoms with Crippen molar-refractivity contribution in [3.63, 3.8) is 0 Å². The summed E-state index contributed by atoms with van der Waals surface area (Å²) in [6, 6.07) is 14.1. The average molecular weight is 864 g/mol. The minimum absolute atomic E-state index is 0.0364. The highest BCUT2D eigenvalue weighted by molar-refractivity contribution is 7.22. The standard InChI is InChI=1S/C42H35Cl2F3N6O5S/c1-18-14-20(6-11-29(18)54)34-22-8-9-23-33(39(57)53(37(23)55)51(5)36-27(44)10-13-31(48-36)42(45,46)47)25(22)16-26-38(56)52(40(58)41(26,34)3)32-17-28(49-50(32)4)35-19(2)24-15-21(43)7-12-30(24)59-35/h6-8,10-15,17,23,25-26,33-34,54H,9,16H2,1-5H3. The monoisotopic (exact) mass is 862 g/mol. The van der Waals surface area contributed by atoms with Crippen LogP contribution >= 0.6 is 34.5 Å². The van der Waals surface area contributed by atoms with Crippen molar-refractivity contribution >= 4 is 79.9 Å². The molecule has 4 aliphatic rings. The van der Waals surface area contributed by atoms with Gasteiger partial charge in [-0.15, -0.1) is 11.3 Å². The summed E-state index contributed by atoms with van der Waals surface area (Å²) < 4.78 is 43.6. The summed E-state index contributed by atoms with van der Waals surface area (Å²) >= 11 is 14.1. The van der Waals surface area contributed by atoms with Gasteiger partial charge >= 0.3 is 6.18 Å². The van der Waals surface area contributed by atoms with Crippen molar-refractivity contribution < 1.29 is 37.5 Å². The van der Waals surface area contributed by atoms with E-state index in [0.29, 0.717) is 33.5 Å². The Morgan fingerprint density at radius 3 is 2.42 bits per heavy atom. The molecule has 5 heterocycles. The van der Waals surface area contributed by atoms with Crippen molar-refractivity contribution in [1.82, 2.24) is 19.8 Å². The highest BCUT2D eigenvalue weighted by Gasteiger charge is 2.68. The summed E-state index contributed by atoms with van der Waals surface area (Å²) in [4.78, 5) is 64.5. The maximum atomic E-state index is 15.1. The van der Waals surface area contributed by atoms with Crippen LogP contribution in [0.15, 0.2) is 66.2 Å². The van der Waals surface area contributed by atoms with Crippen LogP contribution in [0.25, 0.3) is 20.7 Å². The molecule has 2 aliphatic carbocycles. The van der Waals surface area contributed by atoms with Crippen LogP contribution < -0.4 is 9.91 Å². The molecule has 2 saturated heterocycles. The summed E-state index contributed by atoms with van der Waals surface area (Å²) in [6.45, 7) is 5.44. The third kappa shape index (κ3) is 5.67. The number of benzene rings is 2. The van der Waals surface area contributed by atoms with Crippen molar-refractivity contribution in [1.29, 1.82) is 0 Å². The molecule has 0 radical (unpaired) electrons. The van der Waals surface area contributed by atoms with Gasteiger partial charge in [0.1, 0.15) is 23.0 Å². The molecule has 2 aliphatic heterocycles. The number of aromatic hydroxyl groups is 1. The Bertz CT molecular complexity index is 2730. The van der Waals surface area contributed by atoms with Gasteiger partial charge in [0.2, 0.25) is 11.8 Å². The molecule has 6 atom stereocenters. The van der Waals surface area contributed by atoms with Crippen LogP contribution in [0.4, 0.5) is 24.8 Å².